The summed E-state index contributed by atoms with van der Waals surface area (Å²) in [6.45, 7) is 5.98. The number of nitrogens with zero attached hydrogens (tertiary/aromatic N) is 3. The third-order valence-corrected chi connectivity index (χ3v) is 5.63. The number of rotatable bonds is 5. The topological polar surface area (TPSA) is 82.4 Å². The number of methoxy groups -OCH3 is 2. The smallest absolute Gasteiger partial charge is 0.279 e. The monoisotopic (exact) mass is 419 g/mol. The Kier molecular flexibility index (Phi) is 6.71. The lowest BCUT2D eigenvalue weighted by molar-refractivity contribution is -0.138. The van der Waals surface area contributed by atoms with Crippen LogP contribution in [0.25, 0.3) is 0 Å². The minimum atomic E-state index is -0.463. The minimum Gasteiger partial charge on any atom is -0.493 e. The van der Waals surface area contributed by atoms with E-state index in [9.17, 15) is 9.59 Å². The molecule has 1 aromatic heterocycles. The minimum absolute atomic E-state index is 0.00823. The van der Waals surface area contributed by atoms with Crippen molar-refractivity contribution in [2.24, 2.45) is 4.99 Å². The van der Waals surface area contributed by atoms with Gasteiger partial charge in [0.25, 0.3) is 5.91 Å². The Morgan fingerprint density at radius 2 is 1.86 bits per heavy atom. The van der Waals surface area contributed by atoms with Crippen molar-refractivity contribution in [3.63, 3.8) is 0 Å². The Morgan fingerprint density at radius 1 is 1.17 bits per heavy atom. The lowest BCUT2D eigenvalue weighted by Gasteiger charge is -2.29. The van der Waals surface area contributed by atoms with Crippen LogP contribution in [0.4, 0.5) is 0 Å². The molecular formula is C20H25N3O5S. The van der Waals surface area contributed by atoms with E-state index in [-0.39, 0.29) is 5.91 Å². The number of hydrogen-bond donors (Lipinski definition) is 0. The van der Waals surface area contributed by atoms with E-state index >= 15 is 0 Å². The van der Waals surface area contributed by atoms with Gasteiger partial charge in [-0.15, -0.1) is 11.3 Å². The summed E-state index contributed by atoms with van der Waals surface area (Å²) < 4.78 is 17.5. The van der Waals surface area contributed by atoms with E-state index in [1.807, 2.05) is 20.0 Å². The molecule has 0 radical (unpaired) electrons. The maximum absolute atomic E-state index is 12.9. The summed E-state index contributed by atoms with van der Waals surface area (Å²) >= 11 is 1.37. The second kappa shape index (κ2) is 9.23. The molecule has 1 fully saturated rings. The molecule has 0 unspecified atom stereocenters. The predicted molar refractivity (Wildman–Crippen MR) is 109 cm³/mol. The fourth-order valence-corrected chi connectivity index (χ4v) is 4.02. The number of morpholine rings is 1. The van der Waals surface area contributed by atoms with Crippen LogP contribution in [-0.4, -0.2) is 61.8 Å². The molecule has 0 aliphatic carbocycles. The number of benzene rings is 1. The summed E-state index contributed by atoms with van der Waals surface area (Å²) in [5.74, 6) is 0.578. The fourth-order valence-electron chi connectivity index (χ4n) is 3.12. The van der Waals surface area contributed by atoms with Crippen molar-refractivity contribution in [2.75, 3.05) is 40.5 Å². The Labute approximate surface area is 173 Å². The molecule has 9 heteroatoms. The van der Waals surface area contributed by atoms with Crippen LogP contribution in [0.5, 0.6) is 11.5 Å². The van der Waals surface area contributed by atoms with Crippen LogP contribution in [-0.2, 0) is 9.53 Å². The van der Waals surface area contributed by atoms with Gasteiger partial charge < -0.3 is 23.7 Å². The van der Waals surface area contributed by atoms with Gasteiger partial charge >= 0.3 is 0 Å². The Morgan fingerprint density at radius 3 is 2.52 bits per heavy atom. The summed E-state index contributed by atoms with van der Waals surface area (Å²) in [6.07, 6.45) is 1.86. The quantitative estimate of drug-likeness (QED) is 0.741. The van der Waals surface area contributed by atoms with Crippen molar-refractivity contribution in [3.8, 4) is 11.5 Å². The van der Waals surface area contributed by atoms with Crippen molar-refractivity contribution < 1.29 is 23.8 Å². The first-order valence-corrected chi connectivity index (χ1v) is 10.1. The van der Waals surface area contributed by atoms with E-state index < -0.39 is 11.9 Å². The van der Waals surface area contributed by atoms with Gasteiger partial charge in [-0.25, -0.2) is 0 Å². The molecule has 0 saturated carbocycles. The van der Waals surface area contributed by atoms with E-state index in [1.165, 1.54) is 25.6 Å². The highest BCUT2D eigenvalue weighted by molar-refractivity contribution is 7.09. The van der Waals surface area contributed by atoms with Gasteiger partial charge in [-0.05, 0) is 32.0 Å². The first-order chi connectivity index (χ1) is 13.9. The standard InChI is InChI=1S/C20H25N3O5S/c1-13-12-23(14(2)19(25)22-7-9-28-10-8-22)20(29-13)21-18(24)15-5-6-16(26-3)17(11-15)27-4/h5-6,11-12,14H,7-10H2,1-4H3/t14-/m1/s1. The molecule has 2 heterocycles. The van der Waals surface area contributed by atoms with E-state index in [0.717, 1.165) is 4.88 Å². The highest BCUT2D eigenvalue weighted by atomic mass is 32.1. The zero-order valence-corrected chi connectivity index (χ0v) is 17.8. The van der Waals surface area contributed by atoms with Crippen molar-refractivity contribution in [3.05, 3.63) is 39.6 Å². The predicted octanol–water partition coefficient (Wildman–Crippen LogP) is 2.04. The van der Waals surface area contributed by atoms with Gasteiger partial charge in [0.15, 0.2) is 16.3 Å². The molecule has 29 heavy (non-hydrogen) atoms. The van der Waals surface area contributed by atoms with Crippen molar-refractivity contribution in [1.29, 1.82) is 0 Å². The summed E-state index contributed by atoms with van der Waals surface area (Å²) in [7, 11) is 3.05. The molecule has 1 aromatic carbocycles. The van der Waals surface area contributed by atoms with E-state index in [2.05, 4.69) is 4.99 Å². The third kappa shape index (κ3) is 4.68. The van der Waals surface area contributed by atoms with Crippen LogP contribution in [0.15, 0.2) is 29.4 Å². The summed E-state index contributed by atoms with van der Waals surface area (Å²) in [5, 5.41) is 0. The van der Waals surface area contributed by atoms with Crippen LogP contribution in [0.2, 0.25) is 0 Å². The number of thiazole rings is 1. The zero-order chi connectivity index (χ0) is 21.0. The molecule has 1 aliphatic rings. The number of carbonyl (C=O) groups excluding carboxylic acids is 2. The van der Waals surface area contributed by atoms with Crippen LogP contribution < -0.4 is 14.3 Å². The average Bonchev–Trinajstić information content (AvgIpc) is 3.12. The van der Waals surface area contributed by atoms with Crippen LogP contribution in [0.1, 0.15) is 28.2 Å². The lowest BCUT2D eigenvalue weighted by Crippen LogP contribution is -2.44. The molecule has 1 saturated heterocycles. The molecule has 0 spiro atoms. The highest BCUT2D eigenvalue weighted by Crippen LogP contribution is 2.27. The van der Waals surface area contributed by atoms with Gasteiger partial charge in [0.1, 0.15) is 6.04 Å². The van der Waals surface area contributed by atoms with Gasteiger partial charge in [0.05, 0.1) is 27.4 Å². The van der Waals surface area contributed by atoms with Gasteiger partial charge in [-0.2, -0.15) is 4.99 Å². The molecule has 156 valence electrons. The zero-order valence-electron chi connectivity index (χ0n) is 17.0. The van der Waals surface area contributed by atoms with Gasteiger partial charge in [-0.1, -0.05) is 0 Å². The SMILES string of the molecule is COc1ccc(C(=O)N=c2sc(C)cn2[C@H](C)C(=O)N2CCOCC2)cc1OC. The second-order valence-corrected chi connectivity index (χ2v) is 7.85. The van der Waals surface area contributed by atoms with Gasteiger partial charge in [-0.3, -0.25) is 9.59 Å². The summed E-state index contributed by atoms with van der Waals surface area (Å²) in [6, 6.07) is 4.44. The normalized spacial score (nSPS) is 15.9. The summed E-state index contributed by atoms with van der Waals surface area (Å²) in [5.41, 5.74) is 0.382. The van der Waals surface area contributed by atoms with E-state index in [4.69, 9.17) is 14.2 Å². The molecule has 2 amide bonds. The van der Waals surface area contributed by atoms with E-state index in [0.29, 0.717) is 48.2 Å². The molecule has 2 aromatic rings. The highest BCUT2D eigenvalue weighted by Gasteiger charge is 2.24. The maximum atomic E-state index is 12.9. The van der Waals surface area contributed by atoms with Gasteiger partial charge in [0.2, 0.25) is 5.91 Å². The number of amides is 2. The molecule has 3 rings (SSSR count). The maximum Gasteiger partial charge on any atom is 0.279 e. The fraction of sp³-hybridized carbons (Fsp3) is 0.450. The Hall–Kier alpha value is -2.65. The number of carbonyl (C=O) groups is 2. The molecule has 1 aliphatic heterocycles. The van der Waals surface area contributed by atoms with Crippen molar-refractivity contribution in [1.82, 2.24) is 9.47 Å². The largest absolute Gasteiger partial charge is 0.493 e. The van der Waals surface area contributed by atoms with Crippen LogP contribution in [0, 0.1) is 6.92 Å². The first kappa shape index (κ1) is 21.1. The lowest BCUT2D eigenvalue weighted by atomic mass is 10.2. The molecular weight excluding hydrogens is 394 g/mol. The Bertz CT molecular complexity index is 959. The number of aromatic nitrogens is 1. The third-order valence-electron chi connectivity index (χ3n) is 4.72. The summed E-state index contributed by atoms with van der Waals surface area (Å²) in [4.78, 5) is 33.1. The Balaban J connectivity index is 1.90. The average molecular weight is 420 g/mol. The number of aryl methyl sites for hydroxylation is 1. The number of hydrogen-bond acceptors (Lipinski definition) is 6. The van der Waals surface area contributed by atoms with Crippen molar-refractivity contribution >= 4 is 23.2 Å². The van der Waals surface area contributed by atoms with Gasteiger partial charge in [0, 0.05) is 29.7 Å². The van der Waals surface area contributed by atoms with E-state index in [1.54, 1.807) is 27.7 Å². The first-order valence-electron chi connectivity index (χ1n) is 9.30. The molecule has 8 nitrogen and oxygen atoms in total. The van der Waals surface area contributed by atoms with Crippen LogP contribution >= 0.6 is 11.3 Å². The number of ether oxygens (including phenoxy) is 3. The molecule has 0 N–H and O–H groups in total. The second-order valence-electron chi connectivity index (χ2n) is 6.63. The molecule has 1 atom stereocenters. The van der Waals surface area contributed by atoms with Crippen molar-refractivity contribution in [2.45, 2.75) is 19.9 Å². The molecule has 0 bridgehead atoms. The van der Waals surface area contributed by atoms with Crippen LogP contribution in [0.3, 0.4) is 0 Å².